The van der Waals surface area contributed by atoms with E-state index >= 15 is 0 Å². The molecule has 0 saturated heterocycles. The van der Waals surface area contributed by atoms with Gasteiger partial charge in [-0.1, -0.05) is 72.3 Å². The Labute approximate surface area is 175 Å². The largest absolute Gasteiger partial charge is 0.348 e. The molecule has 3 rings (SSSR count). The number of carbonyl (C=O) groups excluding carboxylic acids is 2. The van der Waals surface area contributed by atoms with E-state index in [1.165, 1.54) is 0 Å². The Hall–Kier alpha value is -3.11. The zero-order chi connectivity index (χ0) is 20.6. The van der Waals surface area contributed by atoms with Crippen LogP contribution in [0.3, 0.4) is 0 Å². The van der Waals surface area contributed by atoms with Crippen LogP contribution in [0.25, 0.3) is 0 Å². The Morgan fingerprint density at radius 2 is 1.41 bits per heavy atom. The van der Waals surface area contributed by atoms with Gasteiger partial charge in [0, 0.05) is 17.0 Å². The van der Waals surface area contributed by atoms with E-state index in [0.29, 0.717) is 17.0 Å². The minimum absolute atomic E-state index is 0.216. The molecule has 0 aliphatic rings. The molecule has 0 spiro atoms. The van der Waals surface area contributed by atoms with Gasteiger partial charge in [0.1, 0.15) is 6.04 Å². The van der Waals surface area contributed by atoms with Gasteiger partial charge in [0.05, 0.1) is 6.04 Å². The van der Waals surface area contributed by atoms with Crippen molar-refractivity contribution in [2.24, 2.45) is 0 Å². The number of amides is 2. The van der Waals surface area contributed by atoms with Crippen LogP contribution >= 0.6 is 11.6 Å². The predicted octanol–water partition coefficient (Wildman–Crippen LogP) is 4.56. The zero-order valence-electron chi connectivity index (χ0n) is 16.1. The fraction of sp³-hybridized carbons (Fsp3) is 0.167. The standard InChI is InChI=1S/C24H23ClN2O2/c1-17(19-12-14-21(25)15-13-19)26-24(29)22(16-18-8-4-2-5-9-18)27-23(28)20-10-6-3-7-11-20/h2-15,17,22H,16H2,1H3,(H,26,29)(H,27,28)/t17-,22-/m1/s1. The lowest BCUT2D eigenvalue weighted by atomic mass is 10.0. The number of carbonyl (C=O) groups is 2. The van der Waals surface area contributed by atoms with E-state index in [4.69, 9.17) is 11.6 Å². The summed E-state index contributed by atoms with van der Waals surface area (Å²) in [7, 11) is 0. The molecule has 29 heavy (non-hydrogen) atoms. The molecule has 0 aromatic heterocycles. The Balaban J connectivity index is 1.75. The molecule has 148 valence electrons. The van der Waals surface area contributed by atoms with E-state index in [0.717, 1.165) is 11.1 Å². The Bertz CT molecular complexity index is 944. The normalized spacial score (nSPS) is 12.6. The van der Waals surface area contributed by atoms with Crippen LogP contribution < -0.4 is 10.6 Å². The summed E-state index contributed by atoms with van der Waals surface area (Å²) in [4.78, 5) is 25.7. The molecular formula is C24H23ClN2O2. The van der Waals surface area contributed by atoms with E-state index in [1.807, 2.05) is 55.5 Å². The van der Waals surface area contributed by atoms with Crippen LogP contribution in [0.4, 0.5) is 0 Å². The summed E-state index contributed by atoms with van der Waals surface area (Å²) in [6, 6.07) is 24.9. The van der Waals surface area contributed by atoms with Gasteiger partial charge in [-0.05, 0) is 42.3 Å². The molecule has 3 aromatic rings. The van der Waals surface area contributed by atoms with Crippen molar-refractivity contribution in [3.63, 3.8) is 0 Å². The smallest absolute Gasteiger partial charge is 0.251 e. The zero-order valence-corrected chi connectivity index (χ0v) is 16.9. The molecule has 0 heterocycles. The highest BCUT2D eigenvalue weighted by molar-refractivity contribution is 6.30. The van der Waals surface area contributed by atoms with Gasteiger partial charge < -0.3 is 10.6 Å². The first-order valence-electron chi connectivity index (χ1n) is 9.48. The molecule has 0 saturated carbocycles. The summed E-state index contributed by atoms with van der Waals surface area (Å²) in [5.41, 5.74) is 2.43. The summed E-state index contributed by atoms with van der Waals surface area (Å²) in [5.74, 6) is -0.513. The van der Waals surface area contributed by atoms with Crippen molar-refractivity contribution in [1.29, 1.82) is 0 Å². The lowest BCUT2D eigenvalue weighted by Crippen LogP contribution is -2.48. The summed E-state index contributed by atoms with van der Waals surface area (Å²) >= 11 is 5.94. The molecule has 2 amide bonds. The minimum atomic E-state index is -0.695. The van der Waals surface area contributed by atoms with Crippen LogP contribution in [0.2, 0.25) is 5.02 Å². The van der Waals surface area contributed by atoms with Crippen LogP contribution in [-0.4, -0.2) is 17.9 Å². The fourth-order valence-electron chi connectivity index (χ4n) is 3.04. The third-order valence-electron chi connectivity index (χ3n) is 4.67. The van der Waals surface area contributed by atoms with Crippen molar-refractivity contribution in [2.45, 2.75) is 25.4 Å². The minimum Gasteiger partial charge on any atom is -0.348 e. The van der Waals surface area contributed by atoms with Gasteiger partial charge in [-0.25, -0.2) is 0 Å². The van der Waals surface area contributed by atoms with Gasteiger partial charge in [0.15, 0.2) is 0 Å². The molecule has 4 nitrogen and oxygen atoms in total. The van der Waals surface area contributed by atoms with Crippen molar-refractivity contribution in [1.82, 2.24) is 10.6 Å². The SMILES string of the molecule is C[C@@H](NC(=O)[C@@H](Cc1ccccc1)NC(=O)c1ccccc1)c1ccc(Cl)cc1. The highest BCUT2D eigenvalue weighted by Crippen LogP contribution is 2.16. The second kappa shape index (κ2) is 9.89. The molecular weight excluding hydrogens is 384 g/mol. The first-order chi connectivity index (χ1) is 14.0. The number of nitrogens with one attached hydrogen (secondary N) is 2. The monoisotopic (exact) mass is 406 g/mol. The van der Waals surface area contributed by atoms with E-state index in [1.54, 1.807) is 36.4 Å². The van der Waals surface area contributed by atoms with Crippen LogP contribution in [0.1, 0.15) is 34.5 Å². The van der Waals surface area contributed by atoms with E-state index < -0.39 is 6.04 Å². The highest BCUT2D eigenvalue weighted by Gasteiger charge is 2.23. The number of benzene rings is 3. The number of hydrogen-bond donors (Lipinski definition) is 2. The molecule has 2 atom stereocenters. The van der Waals surface area contributed by atoms with Crippen molar-refractivity contribution < 1.29 is 9.59 Å². The van der Waals surface area contributed by atoms with Crippen LogP contribution in [0.5, 0.6) is 0 Å². The topological polar surface area (TPSA) is 58.2 Å². The molecule has 0 unspecified atom stereocenters. The molecule has 2 N–H and O–H groups in total. The fourth-order valence-corrected chi connectivity index (χ4v) is 3.16. The average Bonchev–Trinajstić information content (AvgIpc) is 2.75. The Kier molecular flexibility index (Phi) is 7.04. The molecule has 0 aliphatic heterocycles. The first-order valence-corrected chi connectivity index (χ1v) is 9.86. The molecule has 5 heteroatoms. The maximum atomic E-state index is 13.0. The van der Waals surface area contributed by atoms with Gasteiger partial charge in [0.2, 0.25) is 5.91 Å². The third kappa shape index (κ3) is 5.93. The summed E-state index contributed by atoms with van der Waals surface area (Å²) < 4.78 is 0. The second-order valence-corrected chi connectivity index (χ2v) is 7.30. The molecule has 0 fully saturated rings. The number of halogens is 1. The van der Waals surface area contributed by atoms with Crippen LogP contribution in [0.15, 0.2) is 84.9 Å². The van der Waals surface area contributed by atoms with E-state index in [-0.39, 0.29) is 17.9 Å². The van der Waals surface area contributed by atoms with Crippen LogP contribution in [-0.2, 0) is 11.2 Å². The Morgan fingerprint density at radius 1 is 0.828 bits per heavy atom. The first kappa shape index (κ1) is 20.6. The molecule has 0 bridgehead atoms. The Morgan fingerprint density at radius 3 is 2.03 bits per heavy atom. The second-order valence-electron chi connectivity index (χ2n) is 6.86. The van der Waals surface area contributed by atoms with Crippen molar-refractivity contribution in [2.75, 3.05) is 0 Å². The van der Waals surface area contributed by atoms with E-state index in [9.17, 15) is 9.59 Å². The predicted molar refractivity (Wildman–Crippen MR) is 116 cm³/mol. The lowest BCUT2D eigenvalue weighted by molar-refractivity contribution is -0.123. The molecule has 3 aromatic carbocycles. The summed E-state index contributed by atoms with van der Waals surface area (Å²) in [5, 5.41) is 6.51. The van der Waals surface area contributed by atoms with Gasteiger partial charge in [0.25, 0.3) is 5.91 Å². The maximum absolute atomic E-state index is 13.0. The summed E-state index contributed by atoms with van der Waals surface area (Å²) in [6.45, 7) is 1.90. The summed E-state index contributed by atoms with van der Waals surface area (Å²) in [6.07, 6.45) is 0.401. The molecule has 0 radical (unpaired) electrons. The highest BCUT2D eigenvalue weighted by atomic mass is 35.5. The van der Waals surface area contributed by atoms with Gasteiger partial charge >= 0.3 is 0 Å². The van der Waals surface area contributed by atoms with Crippen molar-refractivity contribution in [3.05, 3.63) is 107 Å². The van der Waals surface area contributed by atoms with Crippen molar-refractivity contribution in [3.8, 4) is 0 Å². The quantitative estimate of drug-likeness (QED) is 0.604. The lowest BCUT2D eigenvalue weighted by Gasteiger charge is -2.22. The third-order valence-corrected chi connectivity index (χ3v) is 4.92. The van der Waals surface area contributed by atoms with Gasteiger partial charge in [-0.3, -0.25) is 9.59 Å². The van der Waals surface area contributed by atoms with Crippen LogP contribution in [0, 0.1) is 0 Å². The number of rotatable bonds is 7. The number of hydrogen-bond acceptors (Lipinski definition) is 2. The van der Waals surface area contributed by atoms with Gasteiger partial charge in [-0.2, -0.15) is 0 Å². The van der Waals surface area contributed by atoms with Gasteiger partial charge in [-0.15, -0.1) is 0 Å². The maximum Gasteiger partial charge on any atom is 0.251 e. The molecule has 0 aliphatic carbocycles. The average molecular weight is 407 g/mol. The van der Waals surface area contributed by atoms with Crippen molar-refractivity contribution >= 4 is 23.4 Å². The van der Waals surface area contributed by atoms with E-state index in [2.05, 4.69) is 10.6 Å².